The maximum atomic E-state index is 11.6. The first-order chi connectivity index (χ1) is 7.11. The van der Waals surface area contributed by atoms with E-state index in [9.17, 15) is 14.9 Å². The number of hydrogen-bond acceptors (Lipinski definition) is 5. The highest BCUT2D eigenvalue weighted by atomic mass is 32.1. The van der Waals surface area contributed by atoms with Gasteiger partial charge in [0.25, 0.3) is 5.91 Å². The molecule has 1 amide bonds. The lowest BCUT2D eigenvalue weighted by atomic mass is 10.2. The molecular formula is C8H8N2O4S. The third-order valence-electron chi connectivity index (χ3n) is 2.10. The number of carbonyl (C=O) groups excluding carboxylic acids is 1. The Morgan fingerprint density at radius 1 is 1.60 bits per heavy atom. The average molecular weight is 228 g/mol. The van der Waals surface area contributed by atoms with Crippen LogP contribution in [0, 0.1) is 17.0 Å². The van der Waals surface area contributed by atoms with Crippen molar-refractivity contribution in [3.05, 3.63) is 21.2 Å². The van der Waals surface area contributed by atoms with Gasteiger partial charge >= 0.3 is 5.00 Å². The minimum Gasteiger partial charge on any atom is -0.481 e. The Hall–Kier alpha value is -1.63. The Labute approximate surface area is 89.0 Å². The summed E-state index contributed by atoms with van der Waals surface area (Å²) in [5, 5.41) is 13.6. The van der Waals surface area contributed by atoms with Crippen LogP contribution in [0.5, 0.6) is 5.06 Å². The molecule has 1 aromatic rings. The molecule has 0 fully saturated rings. The molecule has 0 bridgehead atoms. The number of nitro groups is 1. The van der Waals surface area contributed by atoms with Crippen molar-refractivity contribution >= 4 is 22.2 Å². The third-order valence-corrected chi connectivity index (χ3v) is 3.26. The van der Waals surface area contributed by atoms with Gasteiger partial charge in [0.1, 0.15) is 12.2 Å². The molecule has 0 unspecified atom stereocenters. The SMILES string of the molecule is Cc1c([N+](=O)[O-])sc2c1C(=O)NCCO2. The first-order valence-corrected chi connectivity index (χ1v) is 5.11. The van der Waals surface area contributed by atoms with Gasteiger partial charge in [0, 0.05) is 0 Å². The zero-order valence-electron chi connectivity index (χ0n) is 7.90. The van der Waals surface area contributed by atoms with Gasteiger partial charge in [-0.3, -0.25) is 14.9 Å². The quantitative estimate of drug-likeness (QED) is 0.576. The molecule has 0 radical (unpaired) electrons. The molecule has 0 saturated heterocycles. The molecule has 0 saturated carbocycles. The number of ether oxygens (including phenoxy) is 1. The Bertz CT molecular complexity index is 440. The number of fused-ring (bicyclic) bond motifs is 1. The lowest BCUT2D eigenvalue weighted by molar-refractivity contribution is -0.380. The number of thiophene rings is 1. The second kappa shape index (κ2) is 3.50. The largest absolute Gasteiger partial charge is 0.481 e. The summed E-state index contributed by atoms with van der Waals surface area (Å²) >= 11 is 0.905. The summed E-state index contributed by atoms with van der Waals surface area (Å²) in [6.07, 6.45) is 0. The third kappa shape index (κ3) is 1.54. The van der Waals surface area contributed by atoms with E-state index in [1.165, 1.54) is 0 Å². The predicted molar refractivity (Wildman–Crippen MR) is 53.5 cm³/mol. The highest BCUT2D eigenvalue weighted by Gasteiger charge is 2.29. The van der Waals surface area contributed by atoms with Crippen molar-refractivity contribution in [1.82, 2.24) is 5.32 Å². The van der Waals surface area contributed by atoms with E-state index in [0.717, 1.165) is 11.3 Å². The van der Waals surface area contributed by atoms with E-state index in [4.69, 9.17) is 4.74 Å². The van der Waals surface area contributed by atoms with Crippen molar-refractivity contribution in [3.8, 4) is 5.06 Å². The number of rotatable bonds is 1. The van der Waals surface area contributed by atoms with Gasteiger partial charge in [-0.1, -0.05) is 0 Å². The first-order valence-electron chi connectivity index (χ1n) is 4.30. The minimum atomic E-state index is -0.495. The van der Waals surface area contributed by atoms with Gasteiger partial charge in [-0.15, -0.1) is 0 Å². The number of hydrogen-bond donors (Lipinski definition) is 1. The normalized spacial score (nSPS) is 14.9. The van der Waals surface area contributed by atoms with E-state index < -0.39 is 4.92 Å². The van der Waals surface area contributed by atoms with Crippen LogP contribution in [0.4, 0.5) is 5.00 Å². The molecule has 0 aromatic carbocycles. The summed E-state index contributed by atoms with van der Waals surface area (Å²) in [5.74, 6) is -0.302. The van der Waals surface area contributed by atoms with Crippen LogP contribution >= 0.6 is 11.3 Å². The standard InChI is InChI=1S/C8H8N2O4S/c1-4-5-6(11)9-2-3-14-8(5)15-7(4)10(12)13/h2-3H2,1H3,(H,9,11). The van der Waals surface area contributed by atoms with Gasteiger partial charge in [-0.25, -0.2) is 0 Å². The molecule has 0 aliphatic carbocycles. The van der Waals surface area contributed by atoms with Crippen LogP contribution in [0.2, 0.25) is 0 Å². The predicted octanol–water partition coefficient (Wildman–Crippen LogP) is 1.09. The maximum absolute atomic E-state index is 11.6. The molecule has 7 heteroatoms. The highest BCUT2D eigenvalue weighted by Crippen LogP contribution is 2.40. The Balaban J connectivity index is 2.56. The number of carbonyl (C=O) groups is 1. The fourth-order valence-electron chi connectivity index (χ4n) is 1.41. The number of nitrogens with zero attached hydrogens (tertiary/aromatic N) is 1. The smallest absolute Gasteiger partial charge is 0.331 e. The van der Waals surface area contributed by atoms with Gasteiger partial charge in [0.2, 0.25) is 0 Å². The van der Waals surface area contributed by atoms with Crippen LogP contribution in [0.1, 0.15) is 15.9 Å². The van der Waals surface area contributed by atoms with Crippen molar-refractivity contribution < 1.29 is 14.5 Å². The van der Waals surface area contributed by atoms with Crippen LogP contribution in [0.15, 0.2) is 0 Å². The summed E-state index contributed by atoms with van der Waals surface area (Å²) in [4.78, 5) is 21.7. The fourth-order valence-corrected chi connectivity index (χ4v) is 2.41. The van der Waals surface area contributed by atoms with Crippen LogP contribution in [0.25, 0.3) is 0 Å². The lowest BCUT2D eigenvalue weighted by Crippen LogP contribution is -2.24. The Morgan fingerprint density at radius 2 is 2.33 bits per heavy atom. The number of nitrogens with one attached hydrogen (secondary N) is 1. The van der Waals surface area contributed by atoms with E-state index in [2.05, 4.69) is 5.32 Å². The lowest BCUT2D eigenvalue weighted by Gasteiger charge is -1.97. The molecule has 0 atom stereocenters. The highest BCUT2D eigenvalue weighted by molar-refractivity contribution is 7.17. The molecule has 1 aliphatic rings. The van der Waals surface area contributed by atoms with E-state index in [1.54, 1.807) is 6.92 Å². The van der Waals surface area contributed by atoms with E-state index in [0.29, 0.717) is 29.3 Å². The molecule has 2 heterocycles. The fraction of sp³-hybridized carbons (Fsp3) is 0.375. The minimum absolute atomic E-state index is 0.0305. The zero-order valence-corrected chi connectivity index (χ0v) is 8.72. The summed E-state index contributed by atoms with van der Waals surface area (Å²) in [7, 11) is 0. The van der Waals surface area contributed by atoms with Crippen LogP contribution in [-0.4, -0.2) is 24.0 Å². The van der Waals surface area contributed by atoms with Crippen molar-refractivity contribution in [2.24, 2.45) is 0 Å². The van der Waals surface area contributed by atoms with E-state index in [-0.39, 0.29) is 10.9 Å². The molecule has 80 valence electrons. The molecule has 2 rings (SSSR count). The van der Waals surface area contributed by atoms with Crippen LogP contribution in [-0.2, 0) is 0 Å². The van der Waals surface area contributed by atoms with E-state index >= 15 is 0 Å². The van der Waals surface area contributed by atoms with Crippen molar-refractivity contribution in [1.29, 1.82) is 0 Å². The summed E-state index contributed by atoms with van der Waals surface area (Å²) in [5.41, 5.74) is 0.670. The molecule has 15 heavy (non-hydrogen) atoms. The van der Waals surface area contributed by atoms with Crippen LogP contribution in [0.3, 0.4) is 0 Å². The summed E-state index contributed by atoms with van der Waals surface area (Å²) in [6, 6.07) is 0. The average Bonchev–Trinajstić information content (AvgIpc) is 2.38. The second-order valence-electron chi connectivity index (χ2n) is 3.06. The molecule has 1 aromatic heterocycles. The zero-order chi connectivity index (χ0) is 11.0. The molecule has 0 spiro atoms. The van der Waals surface area contributed by atoms with E-state index in [1.807, 2.05) is 0 Å². The molecule has 1 aliphatic heterocycles. The molecule has 6 nitrogen and oxygen atoms in total. The van der Waals surface area contributed by atoms with Crippen molar-refractivity contribution in [3.63, 3.8) is 0 Å². The summed E-state index contributed by atoms with van der Waals surface area (Å²) < 4.78 is 5.26. The van der Waals surface area contributed by atoms with Gasteiger partial charge in [0.05, 0.1) is 17.0 Å². The number of amides is 1. The Kier molecular flexibility index (Phi) is 2.31. The van der Waals surface area contributed by atoms with Gasteiger partial charge in [-0.2, -0.15) is 0 Å². The Morgan fingerprint density at radius 3 is 3.00 bits per heavy atom. The molecule has 1 N–H and O–H groups in total. The van der Waals surface area contributed by atoms with Crippen LogP contribution < -0.4 is 10.1 Å². The summed E-state index contributed by atoms with van der Waals surface area (Å²) in [6.45, 7) is 2.32. The topological polar surface area (TPSA) is 81.5 Å². The monoisotopic (exact) mass is 228 g/mol. The van der Waals surface area contributed by atoms with Gasteiger partial charge in [-0.05, 0) is 18.3 Å². The maximum Gasteiger partial charge on any atom is 0.331 e. The molecular weight excluding hydrogens is 220 g/mol. The van der Waals surface area contributed by atoms with Gasteiger partial charge in [0.15, 0.2) is 5.06 Å². The van der Waals surface area contributed by atoms with Crippen molar-refractivity contribution in [2.45, 2.75) is 6.92 Å². The van der Waals surface area contributed by atoms with Gasteiger partial charge < -0.3 is 10.1 Å². The first kappa shape index (κ1) is 9.91. The second-order valence-corrected chi connectivity index (χ2v) is 4.02. The van der Waals surface area contributed by atoms with Crippen molar-refractivity contribution in [2.75, 3.05) is 13.2 Å².